The summed E-state index contributed by atoms with van der Waals surface area (Å²) in [5.41, 5.74) is 3.72. The Morgan fingerprint density at radius 3 is 2.61 bits per heavy atom. The Labute approximate surface area is 164 Å². The van der Waals surface area contributed by atoms with Crippen molar-refractivity contribution in [2.45, 2.75) is 17.8 Å². The summed E-state index contributed by atoms with van der Waals surface area (Å²) in [6, 6.07) is 14.2. The van der Waals surface area contributed by atoms with Crippen LogP contribution in [-0.2, 0) is 5.75 Å². The third kappa shape index (κ3) is 3.91. The summed E-state index contributed by atoms with van der Waals surface area (Å²) in [5, 5.41) is 26.7. The van der Waals surface area contributed by atoms with Gasteiger partial charge in [-0.15, -0.1) is 10.2 Å². The minimum Gasteiger partial charge on any atom is -0.258 e. The maximum absolute atomic E-state index is 10.7. The summed E-state index contributed by atoms with van der Waals surface area (Å²) in [6.07, 6.45) is 1.88. The highest BCUT2D eigenvalue weighted by Crippen LogP contribution is 2.23. The summed E-state index contributed by atoms with van der Waals surface area (Å²) >= 11 is 1.43. The molecule has 1 N–H and O–H groups in total. The number of aryl methyl sites for hydroxylation is 1. The minimum atomic E-state index is -0.435. The topological polar surface area (TPSA) is 115 Å². The van der Waals surface area contributed by atoms with Gasteiger partial charge in [-0.2, -0.15) is 0 Å². The van der Waals surface area contributed by atoms with E-state index in [1.54, 1.807) is 16.8 Å². The van der Waals surface area contributed by atoms with E-state index < -0.39 is 4.92 Å². The fourth-order valence-electron chi connectivity index (χ4n) is 2.51. The van der Waals surface area contributed by atoms with Crippen molar-refractivity contribution in [3.05, 3.63) is 76.1 Å². The van der Waals surface area contributed by atoms with E-state index in [-0.39, 0.29) is 5.69 Å². The number of aromatic amines is 1. The zero-order valence-electron chi connectivity index (χ0n) is 14.8. The number of benzene rings is 2. The van der Waals surface area contributed by atoms with Crippen LogP contribution in [0.3, 0.4) is 0 Å². The number of nitrogens with one attached hydrogen (secondary N) is 1. The van der Waals surface area contributed by atoms with E-state index in [9.17, 15) is 10.1 Å². The summed E-state index contributed by atoms with van der Waals surface area (Å²) < 4.78 is 1.73. The molecule has 0 aliphatic rings. The van der Waals surface area contributed by atoms with Gasteiger partial charge in [0.2, 0.25) is 5.16 Å². The van der Waals surface area contributed by atoms with Crippen LogP contribution in [0.2, 0.25) is 0 Å². The molecule has 2 heterocycles. The van der Waals surface area contributed by atoms with Crippen molar-refractivity contribution in [2.75, 3.05) is 0 Å². The standard InChI is InChI=1S/C18H15N7O2S/c1-12-2-6-15(7-3-12)24-10-14(20-23-24)11-28-18-19-17(21-22-18)13-4-8-16(9-5-13)25(26)27/h2-10H,11H2,1H3,(H,19,21,22). The van der Waals surface area contributed by atoms with Crippen LogP contribution in [0.1, 0.15) is 11.3 Å². The van der Waals surface area contributed by atoms with E-state index in [2.05, 4.69) is 25.5 Å². The Balaban J connectivity index is 1.41. The predicted octanol–water partition coefficient (Wildman–Crippen LogP) is 3.56. The van der Waals surface area contributed by atoms with Crippen LogP contribution >= 0.6 is 11.8 Å². The van der Waals surface area contributed by atoms with Crippen LogP contribution in [0.5, 0.6) is 0 Å². The monoisotopic (exact) mass is 393 g/mol. The van der Waals surface area contributed by atoms with Gasteiger partial charge in [-0.1, -0.05) is 34.7 Å². The maximum atomic E-state index is 10.7. The van der Waals surface area contributed by atoms with Crippen molar-refractivity contribution in [1.29, 1.82) is 0 Å². The Hall–Kier alpha value is -3.53. The van der Waals surface area contributed by atoms with Crippen molar-refractivity contribution < 1.29 is 4.92 Å². The van der Waals surface area contributed by atoms with Crippen LogP contribution in [0.25, 0.3) is 17.1 Å². The van der Waals surface area contributed by atoms with Gasteiger partial charge in [0, 0.05) is 23.4 Å². The van der Waals surface area contributed by atoms with Crippen molar-refractivity contribution in [2.24, 2.45) is 0 Å². The first-order valence-corrected chi connectivity index (χ1v) is 9.35. The van der Waals surface area contributed by atoms with Gasteiger partial charge in [0.1, 0.15) is 0 Å². The molecule has 2 aromatic heterocycles. The number of nitro groups is 1. The van der Waals surface area contributed by atoms with Crippen molar-refractivity contribution in [3.63, 3.8) is 0 Å². The Morgan fingerprint density at radius 1 is 1.14 bits per heavy atom. The fraction of sp³-hybridized carbons (Fsp3) is 0.111. The van der Waals surface area contributed by atoms with Gasteiger partial charge in [0.15, 0.2) is 5.82 Å². The number of rotatable bonds is 6. The average molecular weight is 393 g/mol. The number of hydrogen-bond donors (Lipinski definition) is 1. The number of thioether (sulfide) groups is 1. The molecule has 0 amide bonds. The van der Waals surface area contributed by atoms with Crippen molar-refractivity contribution in [3.8, 4) is 17.1 Å². The molecule has 0 saturated heterocycles. The largest absolute Gasteiger partial charge is 0.269 e. The van der Waals surface area contributed by atoms with Gasteiger partial charge in [0.05, 0.1) is 22.5 Å². The summed E-state index contributed by atoms with van der Waals surface area (Å²) in [6.45, 7) is 2.04. The first kappa shape index (κ1) is 17.9. The van der Waals surface area contributed by atoms with Crippen molar-refractivity contribution >= 4 is 17.4 Å². The van der Waals surface area contributed by atoms with Crippen LogP contribution in [0.4, 0.5) is 5.69 Å². The van der Waals surface area contributed by atoms with Gasteiger partial charge >= 0.3 is 0 Å². The lowest BCUT2D eigenvalue weighted by atomic mass is 10.2. The highest BCUT2D eigenvalue weighted by Gasteiger charge is 2.10. The highest BCUT2D eigenvalue weighted by atomic mass is 32.2. The van der Waals surface area contributed by atoms with E-state index in [0.29, 0.717) is 16.7 Å². The van der Waals surface area contributed by atoms with Crippen LogP contribution < -0.4 is 0 Å². The molecule has 0 atom stereocenters. The van der Waals surface area contributed by atoms with E-state index in [0.717, 1.165) is 16.9 Å². The zero-order valence-corrected chi connectivity index (χ0v) is 15.6. The average Bonchev–Trinajstić information content (AvgIpc) is 3.37. The molecule has 0 bridgehead atoms. The molecule has 4 aromatic rings. The van der Waals surface area contributed by atoms with Gasteiger partial charge < -0.3 is 0 Å². The Kier molecular flexibility index (Phi) is 4.85. The summed E-state index contributed by atoms with van der Waals surface area (Å²) in [5.74, 6) is 1.13. The molecule has 0 unspecified atom stereocenters. The molecule has 2 aromatic carbocycles. The second kappa shape index (κ2) is 7.61. The molecular weight excluding hydrogens is 378 g/mol. The first-order valence-electron chi connectivity index (χ1n) is 8.37. The fourth-order valence-corrected chi connectivity index (χ4v) is 3.18. The van der Waals surface area contributed by atoms with E-state index in [4.69, 9.17) is 0 Å². The van der Waals surface area contributed by atoms with E-state index >= 15 is 0 Å². The lowest BCUT2D eigenvalue weighted by Gasteiger charge is -1.99. The molecule has 10 heteroatoms. The minimum absolute atomic E-state index is 0.0366. The third-order valence-corrected chi connectivity index (χ3v) is 4.89. The quantitative estimate of drug-likeness (QED) is 0.302. The third-order valence-electron chi connectivity index (χ3n) is 4.00. The lowest BCUT2D eigenvalue weighted by Crippen LogP contribution is -1.94. The van der Waals surface area contributed by atoms with Gasteiger partial charge in [-0.05, 0) is 31.2 Å². The van der Waals surface area contributed by atoms with Crippen LogP contribution in [0, 0.1) is 17.0 Å². The Bertz CT molecular complexity index is 1100. The number of nitrogens with zero attached hydrogens (tertiary/aromatic N) is 6. The Morgan fingerprint density at radius 2 is 1.89 bits per heavy atom. The maximum Gasteiger partial charge on any atom is 0.269 e. The molecule has 9 nitrogen and oxygen atoms in total. The second-order valence-electron chi connectivity index (χ2n) is 6.05. The lowest BCUT2D eigenvalue weighted by molar-refractivity contribution is -0.384. The number of non-ortho nitro benzene ring substituents is 1. The molecule has 4 rings (SSSR count). The van der Waals surface area contributed by atoms with Gasteiger partial charge in [-0.3, -0.25) is 15.2 Å². The van der Waals surface area contributed by atoms with Gasteiger partial charge in [-0.25, -0.2) is 9.67 Å². The molecule has 0 aliphatic carbocycles. The molecule has 0 aliphatic heterocycles. The predicted molar refractivity (Wildman–Crippen MR) is 104 cm³/mol. The first-order chi connectivity index (χ1) is 13.6. The normalized spacial score (nSPS) is 10.9. The number of aromatic nitrogens is 6. The number of hydrogen-bond acceptors (Lipinski definition) is 7. The molecule has 0 radical (unpaired) electrons. The van der Waals surface area contributed by atoms with Crippen LogP contribution in [-0.4, -0.2) is 35.1 Å². The smallest absolute Gasteiger partial charge is 0.258 e. The summed E-state index contributed by atoms with van der Waals surface area (Å²) in [7, 11) is 0. The van der Waals surface area contributed by atoms with Crippen molar-refractivity contribution in [1.82, 2.24) is 30.2 Å². The summed E-state index contributed by atoms with van der Waals surface area (Å²) in [4.78, 5) is 14.7. The van der Waals surface area contributed by atoms with Gasteiger partial charge in [0.25, 0.3) is 5.69 Å². The number of H-pyrrole nitrogens is 1. The highest BCUT2D eigenvalue weighted by molar-refractivity contribution is 7.98. The zero-order chi connectivity index (χ0) is 19.5. The van der Waals surface area contributed by atoms with E-state index in [1.165, 1.54) is 29.5 Å². The molecular formula is C18H15N7O2S. The molecule has 0 spiro atoms. The SMILES string of the molecule is Cc1ccc(-n2cc(CSc3n[nH]c(-c4ccc([N+](=O)[O-])cc4)n3)nn2)cc1. The molecule has 0 fully saturated rings. The molecule has 28 heavy (non-hydrogen) atoms. The second-order valence-corrected chi connectivity index (χ2v) is 6.99. The van der Waals surface area contributed by atoms with E-state index in [1.807, 2.05) is 37.4 Å². The molecule has 0 saturated carbocycles. The molecule has 140 valence electrons. The number of nitro benzene ring substituents is 1. The van der Waals surface area contributed by atoms with Crippen LogP contribution in [0.15, 0.2) is 59.9 Å².